The molecule has 0 aliphatic carbocycles. The third-order valence-corrected chi connectivity index (χ3v) is 8.14. The number of alkyl carbamates (subject to hydrolysis) is 1. The Hall–Kier alpha value is -2.13. The maximum absolute atomic E-state index is 13.1. The van der Waals surface area contributed by atoms with Gasteiger partial charge in [0.25, 0.3) is 0 Å². The van der Waals surface area contributed by atoms with Gasteiger partial charge in [0.2, 0.25) is 10.0 Å². The Morgan fingerprint density at radius 1 is 1.06 bits per heavy atom. The molecule has 0 spiro atoms. The van der Waals surface area contributed by atoms with Crippen molar-refractivity contribution in [2.45, 2.75) is 62.5 Å². The van der Waals surface area contributed by atoms with E-state index in [1.54, 1.807) is 31.3 Å². The Morgan fingerprint density at radius 2 is 1.61 bits per heavy atom. The smallest absolute Gasteiger partial charge is 0.407 e. The van der Waals surface area contributed by atoms with Gasteiger partial charge in [-0.3, -0.25) is 0 Å². The minimum Gasteiger partial charge on any atom is -0.444 e. The molecule has 2 aromatic rings. The van der Waals surface area contributed by atoms with Crippen molar-refractivity contribution in [1.82, 2.24) is 14.5 Å². The molecule has 3 rings (SSSR count). The third-order valence-electron chi connectivity index (χ3n) is 6.30. The lowest BCUT2D eigenvalue weighted by Crippen LogP contribution is -2.46. The molecule has 200 valence electrons. The minimum atomic E-state index is -3.55. The topological polar surface area (TPSA) is 79.0 Å². The lowest BCUT2D eigenvalue weighted by Gasteiger charge is -2.34. The van der Waals surface area contributed by atoms with Gasteiger partial charge in [0.05, 0.1) is 4.90 Å². The van der Waals surface area contributed by atoms with Gasteiger partial charge in [0, 0.05) is 32.7 Å². The zero-order valence-electron chi connectivity index (χ0n) is 21.7. The predicted octanol–water partition coefficient (Wildman–Crippen LogP) is 4.89. The van der Waals surface area contributed by atoms with Crippen LogP contribution in [0.3, 0.4) is 0 Å². The monoisotopic (exact) mass is 537 g/mol. The van der Waals surface area contributed by atoms with Crippen LogP contribution in [0.15, 0.2) is 65.6 Å². The summed E-state index contributed by atoms with van der Waals surface area (Å²) in [4.78, 5) is 14.8. The Labute approximate surface area is 222 Å². The first-order valence-corrected chi connectivity index (χ1v) is 13.8. The Kier molecular flexibility index (Phi) is 11.2. The van der Waals surface area contributed by atoms with E-state index in [1.807, 2.05) is 45.0 Å². The molecule has 9 heteroatoms. The highest BCUT2D eigenvalue weighted by Crippen LogP contribution is 2.25. The molecular formula is C27H40ClN3O4S. The number of nitrogens with one attached hydrogen (secondary N) is 1. The van der Waals surface area contributed by atoms with E-state index in [1.165, 1.54) is 4.31 Å². The highest BCUT2D eigenvalue weighted by atomic mass is 35.5. The Bertz CT molecular complexity index is 1040. The molecule has 7 nitrogen and oxygen atoms in total. The van der Waals surface area contributed by atoms with Crippen molar-refractivity contribution < 1.29 is 17.9 Å². The first-order chi connectivity index (χ1) is 16.5. The van der Waals surface area contributed by atoms with Crippen LogP contribution >= 0.6 is 12.4 Å². The molecule has 0 radical (unpaired) electrons. The van der Waals surface area contributed by atoms with E-state index in [-0.39, 0.29) is 30.5 Å². The molecule has 0 saturated carbocycles. The van der Waals surface area contributed by atoms with Crippen LogP contribution in [0.5, 0.6) is 0 Å². The number of benzene rings is 2. The number of halogens is 1. The van der Waals surface area contributed by atoms with E-state index in [0.29, 0.717) is 11.4 Å². The fourth-order valence-corrected chi connectivity index (χ4v) is 5.62. The van der Waals surface area contributed by atoms with Crippen LogP contribution < -0.4 is 5.32 Å². The largest absolute Gasteiger partial charge is 0.444 e. The van der Waals surface area contributed by atoms with E-state index in [4.69, 9.17) is 4.74 Å². The molecule has 0 unspecified atom stereocenters. The maximum Gasteiger partial charge on any atom is 0.407 e. The zero-order valence-corrected chi connectivity index (χ0v) is 23.4. The number of carbonyl (C=O) groups excluding carboxylic acids is 1. The number of likely N-dealkylation sites (tertiary alicyclic amines) is 1. The van der Waals surface area contributed by atoms with Crippen LogP contribution in [0, 0.1) is 0 Å². The van der Waals surface area contributed by atoms with Crippen molar-refractivity contribution >= 4 is 28.5 Å². The van der Waals surface area contributed by atoms with Gasteiger partial charge in [-0.05, 0) is 70.2 Å². The van der Waals surface area contributed by atoms with Gasteiger partial charge in [-0.15, -0.1) is 12.4 Å². The van der Waals surface area contributed by atoms with Gasteiger partial charge in [-0.25, -0.2) is 17.5 Å². The number of sulfonamides is 1. The quantitative estimate of drug-likeness (QED) is 0.492. The van der Waals surface area contributed by atoms with Gasteiger partial charge in [-0.2, -0.15) is 0 Å². The summed E-state index contributed by atoms with van der Waals surface area (Å²) in [5.41, 5.74) is 0.641. The second kappa shape index (κ2) is 13.4. The van der Waals surface area contributed by atoms with Crippen molar-refractivity contribution in [1.29, 1.82) is 0 Å². The number of nitrogens with zero attached hydrogens (tertiary/aromatic N) is 2. The summed E-state index contributed by atoms with van der Waals surface area (Å²) in [5.74, 6) is 0.0808. The normalized spacial score (nSPS) is 16.2. The predicted molar refractivity (Wildman–Crippen MR) is 146 cm³/mol. The van der Waals surface area contributed by atoms with Gasteiger partial charge in [-0.1, -0.05) is 48.5 Å². The first kappa shape index (κ1) is 30.1. The van der Waals surface area contributed by atoms with Crippen molar-refractivity contribution in [3.63, 3.8) is 0 Å². The number of piperidine rings is 1. The van der Waals surface area contributed by atoms with E-state index in [2.05, 4.69) is 22.3 Å². The molecule has 1 aliphatic rings. The summed E-state index contributed by atoms with van der Waals surface area (Å²) in [6.07, 6.45) is 2.24. The summed E-state index contributed by atoms with van der Waals surface area (Å²) in [7, 11) is -1.89. The van der Waals surface area contributed by atoms with Crippen LogP contribution in [0.2, 0.25) is 0 Å². The third kappa shape index (κ3) is 9.07. The van der Waals surface area contributed by atoms with Crippen LogP contribution in [-0.4, -0.2) is 68.6 Å². The molecule has 1 amide bonds. The summed E-state index contributed by atoms with van der Waals surface area (Å²) in [6.45, 7) is 8.65. The molecular weight excluding hydrogens is 498 g/mol. The van der Waals surface area contributed by atoms with E-state index in [9.17, 15) is 13.2 Å². The Morgan fingerprint density at radius 3 is 2.17 bits per heavy atom. The first-order valence-electron chi connectivity index (χ1n) is 12.3. The lowest BCUT2D eigenvalue weighted by atomic mass is 9.94. The number of likely N-dealkylation sites (N-methyl/N-ethyl adjacent to an activating group) is 1. The van der Waals surface area contributed by atoms with E-state index < -0.39 is 15.6 Å². The molecule has 1 atom stereocenters. The van der Waals surface area contributed by atoms with E-state index in [0.717, 1.165) is 44.5 Å². The molecule has 1 N–H and O–H groups in total. The molecule has 2 aromatic carbocycles. The maximum atomic E-state index is 13.1. The average Bonchev–Trinajstić information content (AvgIpc) is 2.82. The summed E-state index contributed by atoms with van der Waals surface area (Å²) >= 11 is 0. The zero-order chi connectivity index (χ0) is 25.5. The van der Waals surface area contributed by atoms with E-state index >= 15 is 0 Å². The molecule has 0 aromatic heterocycles. The van der Waals surface area contributed by atoms with Gasteiger partial charge >= 0.3 is 6.09 Å². The molecule has 36 heavy (non-hydrogen) atoms. The standard InChI is InChI=1S/C27H39N3O4S.ClH/c1-27(2,3)34-26(31)28-24-16-19-30(20-17-24)18-15-23(22-11-7-5-8-12-22)21-29(4)35(32,33)25-13-9-6-10-14-25;/h5-14,23-24H,15-21H2,1-4H3,(H,28,31);1H/t23-;/m0./s1. The molecule has 1 fully saturated rings. The van der Waals surface area contributed by atoms with Crippen molar-refractivity contribution in [3.8, 4) is 0 Å². The number of carbonyl (C=O) groups is 1. The van der Waals surface area contributed by atoms with Gasteiger partial charge in [0.1, 0.15) is 5.60 Å². The summed E-state index contributed by atoms with van der Waals surface area (Å²) in [5, 5.41) is 2.98. The number of hydrogen-bond donors (Lipinski definition) is 1. The number of amides is 1. The van der Waals surface area contributed by atoms with Crippen LogP contribution in [-0.2, 0) is 14.8 Å². The number of hydrogen-bond acceptors (Lipinski definition) is 5. The van der Waals surface area contributed by atoms with Gasteiger partial charge in [0.15, 0.2) is 0 Å². The van der Waals surface area contributed by atoms with Crippen molar-refractivity contribution in [2.24, 2.45) is 0 Å². The SMILES string of the molecule is CN(C[C@H](CCN1CCC(NC(=O)OC(C)(C)C)CC1)c1ccccc1)S(=O)(=O)c1ccccc1.Cl. The Balaban J connectivity index is 0.00000456. The van der Waals surface area contributed by atoms with Gasteiger partial charge < -0.3 is 15.0 Å². The highest BCUT2D eigenvalue weighted by molar-refractivity contribution is 7.89. The fourth-order valence-electron chi connectivity index (χ4n) is 4.38. The summed E-state index contributed by atoms with van der Waals surface area (Å²) < 4.78 is 33.0. The lowest BCUT2D eigenvalue weighted by molar-refractivity contribution is 0.0478. The van der Waals surface area contributed by atoms with Crippen LogP contribution in [0.4, 0.5) is 4.79 Å². The molecule has 0 bridgehead atoms. The molecule has 1 saturated heterocycles. The number of ether oxygens (including phenoxy) is 1. The van der Waals surface area contributed by atoms with Crippen LogP contribution in [0.25, 0.3) is 0 Å². The minimum absolute atomic E-state index is 0. The fraction of sp³-hybridized carbons (Fsp3) is 0.519. The average molecular weight is 538 g/mol. The molecule has 1 aliphatic heterocycles. The van der Waals surface area contributed by atoms with Crippen molar-refractivity contribution in [3.05, 3.63) is 66.2 Å². The van der Waals surface area contributed by atoms with Crippen molar-refractivity contribution in [2.75, 3.05) is 33.2 Å². The highest BCUT2D eigenvalue weighted by Gasteiger charge is 2.27. The molecule has 1 heterocycles. The van der Waals surface area contributed by atoms with Crippen LogP contribution in [0.1, 0.15) is 51.5 Å². The number of rotatable bonds is 9. The second-order valence-electron chi connectivity index (χ2n) is 10.3. The second-order valence-corrected chi connectivity index (χ2v) is 12.3. The summed E-state index contributed by atoms with van der Waals surface area (Å²) in [6, 6.07) is 18.8.